The first-order valence-electron chi connectivity index (χ1n) is 5.53. The lowest BCUT2D eigenvalue weighted by molar-refractivity contribution is 0.543. The maximum Gasteiger partial charge on any atom is 0.191 e. The molecule has 0 amide bonds. The molecule has 84 valence electrons. The molecule has 5 heteroatoms. The van der Waals surface area contributed by atoms with Gasteiger partial charge in [-0.3, -0.25) is 0 Å². The number of aromatic nitrogens is 3. The fourth-order valence-corrected chi connectivity index (χ4v) is 3.24. The van der Waals surface area contributed by atoms with E-state index < -0.39 is 0 Å². The van der Waals surface area contributed by atoms with Gasteiger partial charge in [-0.1, -0.05) is 18.7 Å². The zero-order valence-corrected chi connectivity index (χ0v) is 10.1. The van der Waals surface area contributed by atoms with Gasteiger partial charge in [-0.2, -0.15) is 0 Å². The number of hydrogen-bond acceptors (Lipinski definition) is 4. The van der Waals surface area contributed by atoms with Gasteiger partial charge in [0.05, 0.1) is 0 Å². The van der Waals surface area contributed by atoms with Crippen molar-refractivity contribution in [2.75, 3.05) is 6.54 Å². The number of rotatable bonds is 4. The molecule has 0 aliphatic heterocycles. The van der Waals surface area contributed by atoms with Crippen molar-refractivity contribution >= 4 is 11.8 Å². The summed E-state index contributed by atoms with van der Waals surface area (Å²) < 4.78 is 1.99. The van der Waals surface area contributed by atoms with Crippen LogP contribution >= 0.6 is 11.8 Å². The highest BCUT2D eigenvalue weighted by Crippen LogP contribution is 2.33. The van der Waals surface area contributed by atoms with Gasteiger partial charge in [-0.25, -0.2) is 0 Å². The zero-order chi connectivity index (χ0) is 10.7. The lowest BCUT2D eigenvalue weighted by Crippen LogP contribution is -2.26. The van der Waals surface area contributed by atoms with Crippen molar-refractivity contribution in [2.45, 2.75) is 42.6 Å². The molecule has 1 heterocycles. The van der Waals surface area contributed by atoms with E-state index in [4.69, 9.17) is 0 Å². The van der Waals surface area contributed by atoms with E-state index in [1.165, 1.54) is 19.3 Å². The summed E-state index contributed by atoms with van der Waals surface area (Å²) in [5.41, 5.74) is 0. The Balaban J connectivity index is 1.85. The van der Waals surface area contributed by atoms with Gasteiger partial charge in [0.15, 0.2) is 5.16 Å². The Hall–Kier alpha value is -0.550. The van der Waals surface area contributed by atoms with Crippen LogP contribution in [0.2, 0.25) is 0 Å². The summed E-state index contributed by atoms with van der Waals surface area (Å²) in [7, 11) is 2.00. The van der Waals surface area contributed by atoms with E-state index in [0.29, 0.717) is 11.3 Å². The second-order valence-corrected chi connectivity index (χ2v) is 5.30. The van der Waals surface area contributed by atoms with Crippen molar-refractivity contribution in [1.82, 2.24) is 20.1 Å². The summed E-state index contributed by atoms with van der Waals surface area (Å²) in [6.45, 7) is 3.25. The normalized spacial score (nSPS) is 26.0. The molecule has 4 nitrogen and oxygen atoms in total. The zero-order valence-electron chi connectivity index (χ0n) is 9.31. The van der Waals surface area contributed by atoms with Crippen LogP contribution in [-0.4, -0.2) is 32.6 Å². The highest BCUT2D eigenvalue weighted by atomic mass is 32.2. The molecule has 0 aromatic carbocycles. The highest BCUT2D eigenvalue weighted by Gasteiger charge is 2.25. The number of hydrogen-bond donors (Lipinski definition) is 1. The second-order valence-electron chi connectivity index (χ2n) is 4.03. The minimum atomic E-state index is 0.706. The van der Waals surface area contributed by atoms with E-state index in [-0.39, 0.29) is 0 Å². The van der Waals surface area contributed by atoms with Crippen LogP contribution in [0.5, 0.6) is 0 Å². The Labute approximate surface area is 94.8 Å². The molecule has 1 aliphatic rings. The molecule has 1 N–H and O–H groups in total. The third kappa shape index (κ3) is 2.72. The molecule has 1 aliphatic carbocycles. The molecule has 2 rings (SSSR count). The SMILES string of the molecule is CCNC1CCC(Sc2nncn2C)C1. The van der Waals surface area contributed by atoms with E-state index >= 15 is 0 Å². The van der Waals surface area contributed by atoms with Crippen LogP contribution in [0, 0.1) is 0 Å². The molecule has 1 aromatic heterocycles. The van der Waals surface area contributed by atoms with Crippen LogP contribution in [0.15, 0.2) is 11.5 Å². The Kier molecular flexibility index (Phi) is 3.64. The average Bonchev–Trinajstić information content (AvgIpc) is 2.79. The summed E-state index contributed by atoms with van der Waals surface area (Å²) in [4.78, 5) is 0. The number of nitrogens with zero attached hydrogens (tertiary/aromatic N) is 3. The predicted molar refractivity (Wildman–Crippen MR) is 62.0 cm³/mol. The van der Waals surface area contributed by atoms with E-state index in [0.717, 1.165) is 11.7 Å². The maximum atomic E-state index is 4.11. The number of aryl methyl sites for hydroxylation is 1. The summed E-state index contributed by atoms with van der Waals surface area (Å²) in [5.74, 6) is 0. The molecule has 0 spiro atoms. The largest absolute Gasteiger partial charge is 0.314 e. The Bertz CT molecular complexity index is 312. The van der Waals surface area contributed by atoms with Gasteiger partial charge >= 0.3 is 0 Å². The molecular weight excluding hydrogens is 208 g/mol. The topological polar surface area (TPSA) is 42.7 Å². The van der Waals surface area contributed by atoms with Gasteiger partial charge in [0.2, 0.25) is 0 Å². The first-order chi connectivity index (χ1) is 7.29. The molecule has 0 saturated heterocycles. The fourth-order valence-electron chi connectivity index (χ4n) is 2.05. The average molecular weight is 226 g/mol. The third-order valence-corrected chi connectivity index (χ3v) is 4.16. The molecule has 1 fully saturated rings. The summed E-state index contributed by atoms with van der Waals surface area (Å²) >= 11 is 1.86. The molecule has 2 atom stereocenters. The molecule has 1 saturated carbocycles. The molecule has 15 heavy (non-hydrogen) atoms. The Morgan fingerprint density at radius 1 is 1.60 bits per heavy atom. The quantitative estimate of drug-likeness (QED) is 0.843. The Morgan fingerprint density at radius 2 is 2.47 bits per heavy atom. The summed E-state index contributed by atoms with van der Waals surface area (Å²) in [5, 5.41) is 13.3. The smallest absolute Gasteiger partial charge is 0.191 e. The van der Waals surface area contributed by atoms with Crippen molar-refractivity contribution < 1.29 is 0 Å². The van der Waals surface area contributed by atoms with Gasteiger partial charge < -0.3 is 9.88 Å². The second kappa shape index (κ2) is 4.99. The minimum absolute atomic E-state index is 0.706. The van der Waals surface area contributed by atoms with Crippen LogP contribution in [0.25, 0.3) is 0 Å². The molecular formula is C10H18N4S. The van der Waals surface area contributed by atoms with E-state index in [1.54, 1.807) is 6.33 Å². The molecule has 1 aromatic rings. The van der Waals surface area contributed by atoms with Crippen molar-refractivity contribution in [3.63, 3.8) is 0 Å². The van der Waals surface area contributed by atoms with Crippen molar-refractivity contribution in [2.24, 2.45) is 7.05 Å². The number of thioether (sulfide) groups is 1. The molecule has 0 bridgehead atoms. The number of nitrogens with one attached hydrogen (secondary N) is 1. The standard InChI is InChI=1S/C10H18N4S/c1-3-11-8-4-5-9(6-8)15-10-13-12-7-14(10)2/h7-9,11H,3-6H2,1-2H3. The van der Waals surface area contributed by atoms with Gasteiger partial charge in [-0.15, -0.1) is 10.2 Å². The monoisotopic (exact) mass is 226 g/mol. The van der Waals surface area contributed by atoms with Crippen LogP contribution < -0.4 is 5.32 Å². The van der Waals surface area contributed by atoms with Gasteiger partial charge in [-0.05, 0) is 25.8 Å². The van der Waals surface area contributed by atoms with Crippen molar-refractivity contribution in [3.8, 4) is 0 Å². The van der Waals surface area contributed by atoms with Crippen molar-refractivity contribution in [3.05, 3.63) is 6.33 Å². The molecule has 2 unspecified atom stereocenters. The van der Waals surface area contributed by atoms with Gasteiger partial charge in [0, 0.05) is 18.3 Å². The Morgan fingerprint density at radius 3 is 3.13 bits per heavy atom. The summed E-state index contributed by atoms with van der Waals surface area (Å²) in [6.07, 6.45) is 5.60. The first-order valence-corrected chi connectivity index (χ1v) is 6.41. The van der Waals surface area contributed by atoms with E-state index in [1.807, 2.05) is 23.4 Å². The van der Waals surface area contributed by atoms with Gasteiger partial charge in [0.1, 0.15) is 6.33 Å². The maximum absolute atomic E-state index is 4.11. The predicted octanol–water partition coefficient (Wildman–Crippen LogP) is 1.44. The fraction of sp³-hybridized carbons (Fsp3) is 0.800. The van der Waals surface area contributed by atoms with Gasteiger partial charge in [0.25, 0.3) is 0 Å². The van der Waals surface area contributed by atoms with Crippen LogP contribution in [0.3, 0.4) is 0 Å². The minimum Gasteiger partial charge on any atom is -0.314 e. The van der Waals surface area contributed by atoms with Crippen LogP contribution in [0.4, 0.5) is 0 Å². The van der Waals surface area contributed by atoms with E-state index in [9.17, 15) is 0 Å². The van der Waals surface area contributed by atoms with Crippen LogP contribution in [0.1, 0.15) is 26.2 Å². The first kappa shape index (κ1) is 11.0. The van der Waals surface area contributed by atoms with E-state index in [2.05, 4.69) is 22.4 Å². The molecule has 0 radical (unpaired) electrons. The van der Waals surface area contributed by atoms with Crippen LogP contribution in [-0.2, 0) is 7.05 Å². The third-order valence-electron chi connectivity index (χ3n) is 2.82. The highest BCUT2D eigenvalue weighted by molar-refractivity contribution is 7.99. The lowest BCUT2D eigenvalue weighted by Gasteiger charge is -2.10. The summed E-state index contributed by atoms with van der Waals surface area (Å²) in [6, 6.07) is 0.709. The van der Waals surface area contributed by atoms with Crippen molar-refractivity contribution in [1.29, 1.82) is 0 Å². The lowest BCUT2D eigenvalue weighted by atomic mass is 10.2.